The van der Waals surface area contributed by atoms with Crippen LogP contribution in [0.3, 0.4) is 0 Å². The third-order valence-electron chi connectivity index (χ3n) is 3.51. The largest absolute Gasteiger partial charge is 0.352 e. The van der Waals surface area contributed by atoms with Crippen LogP contribution in [0.2, 0.25) is 0 Å². The summed E-state index contributed by atoms with van der Waals surface area (Å²) in [5, 5.41) is 5.60. The molecule has 2 aromatic heterocycles. The highest BCUT2D eigenvalue weighted by Crippen LogP contribution is 2.21. The van der Waals surface area contributed by atoms with Crippen LogP contribution in [0, 0.1) is 5.82 Å². The molecule has 1 aromatic carbocycles. The highest BCUT2D eigenvalue weighted by Gasteiger charge is 2.08. The summed E-state index contributed by atoms with van der Waals surface area (Å²) in [6.45, 7) is 0.199. The van der Waals surface area contributed by atoms with Crippen molar-refractivity contribution in [3.8, 4) is 11.3 Å². The van der Waals surface area contributed by atoms with Crippen LogP contribution in [-0.4, -0.2) is 15.9 Å². The lowest BCUT2D eigenvalue weighted by atomic mass is 10.2. The average Bonchev–Trinajstić information content (AvgIpc) is 3.09. The van der Waals surface area contributed by atoms with E-state index in [1.807, 2.05) is 17.5 Å². The Morgan fingerprint density at radius 2 is 2.08 bits per heavy atom. The summed E-state index contributed by atoms with van der Waals surface area (Å²) in [6.07, 6.45) is 4.37. The lowest BCUT2D eigenvalue weighted by molar-refractivity contribution is -0.121. The van der Waals surface area contributed by atoms with Crippen LogP contribution in [0.4, 0.5) is 4.39 Å². The van der Waals surface area contributed by atoms with Gasteiger partial charge in [-0.1, -0.05) is 18.2 Å². The van der Waals surface area contributed by atoms with Gasteiger partial charge < -0.3 is 5.32 Å². The van der Waals surface area contributed by atoms with Crippen molar-refractivity contribution in [3.63, 3.8) is 0 Å². The second-order valence-electron chi connectivity index (χ2n) is 5.24. The van der Waals surface area contributed by atoms with Gasteiger partial charge in [-0.3, -0.25) is 9.78 Å². The first-order chi connectivity index (χ1) is 11.7. The molecule has 1 N–H and O–H groups in total. The first-order valence-electron chi connectivity index (χ1n) is 7.57. The molecule has 0 saturated heterocycles. The zero-order chi connectivity index (χ0) is 16.8. The summed E-state index contributed by atoms with van der Waals surface area (Å²) in [7, 11) is 0. The number of rotatable bonds is 6. The number of halogens is 1. The summed E-state index contributed by atoms with van der Waals surface area (Å²) in [6, 6.07) is 10.2. The van der Waals surface area contributed by atoms with E-state index in [0.717, 1.165) is 16.3 Å². The second kappa shape index (κ2) is 7.79. The molecule has 122 valence electrons. The summed E-state index contributed by atoms with van der Waals surface area (Å²) in [5.41, 5.74) is 2.32. The van der Waals surface area contributed by atoms with Crippen LogP contribution in [0.15, 0.2) is 54.2 Å². The molecule has 0 aliphatic rings. The second-order valence-corrected chi connectivity index (χ2v) is 6.18. The van der Waals surface area contributed by atoms with Crippen LogP contribution in [-0.2, 0) is 17.8 Å². The number of aryl methyl sites for hydroxylation is 1. The Morgan fingerprint density at radius 3 is 2.88 bits per heavy atom. The Bertz CT molecular complexity index is 820. The number of benzene rings is 1. The molecule has 2 heterocycles. The van der Waals surface area contributed by atoms with E-state index in [9.17, 15) is 9.18 Å². The molecule has 0 unspecified atom stereocenters. The molecular weight excluding hydrogens is 325 g/mol. The Balaban J connectivity index is 1.50. The van der Waals surface area contributed by atoms with Gasteiger partial charge in [0.1, 0.15) is 5.82 Å². The minimum atomic E-state index is -0.307. The first kappa shape index (κ1) is 16.3. The number of carbonyl (C=O) groups excluding carboxylic acids is 1. The van der Waals surface area contributed by atoms with Gasteiger partial charge in [0, 0.05) is 48.3 Å². The fourth-order valence-electron chi connectivity index (χ4n) is 2.22. The van der Waals surface area contributed by atoms with Crippen LogP contribution in [0.25, 0.3) is 11.3 Å². The SMILES string of the molecule is O=C(CCc1nc(-c2cccnc2)cs1)NCc1ccccc1F. The number of hydrogen-bond acceptors (Lipinski definition) is 4. The zero-order valence-electron chi connectivity index (χ0n) is 12.9. The van der Waals surface area contributed by atoms with Gasteiger partial charge in [-0.2, -0.15) is 0 Å². The number of pyridine rings is 1. The monoisotopic (exact) mass is 341 g/mol. The maximum absolute atomic E-state index is 13.5. The molecule has 0 bridgehead atoms. The minimum absolute atomic E-state index is 0.114. The molecule has 6 heteroatoms. The van der Waals surface area contributed by atoms with Gasteiger partial charge in [-0.25, -0.2) is 9.37 Å². The van der Waals surface area contributed by atoms with E-state index >= 15 is 0 Å². The number of hydrogen-bond donors (Lipinski definition) is 1. The van der Waals surface area contributed by atoms with Gasteiger partial charge in [0.15, 0.2) is 0 Å². The minimum Gasteiger partial charge on any atom is -0.352 e. The van der Waals surface area contributed by atoms with Crippen molar-refractivity contribution in [2.24, 2.45) is 0 Å². The Kier molecular flexibility index (Phi) is 5.28. The first-order valence-corrected chi connectivity index (χ1v) is 8.45. The average molecular weight is 341 g/mol. The van der Waals surface area contributed by atoms with E-state index in [1.165, 1.54) is 17.4 Å². The van der Waals surface area contributed by atoms with Gasteiger partial charge in [0.05, 0.1) is 10.7 Å². The van der Waals surface area contributed by atoms with Gasteiger partial charge in [0.2, 0.25) is 5.91 Å². The molecule has 3 aromatic rings. The quantitative estimate of drug-likeness (QED) is 0.745. The van der Waals surface area contributed by atoms with E-state index in [2.05, 4.69) is 15.3 Å². The van der Waals surface area contributed by atoms with Crippen LogP contribution in [0.1, 0.15) is 17.0 Å². The third-order valence-corrected chi connectivity index (χ3v) is 4.42. The lowest BCUT2D eigenvalue weighted by Crippen LogP contribution is -2.23. The molecule has 0 fully saturated rings. The Labute approximate surface area is 143 Å². The molecule has 0 aliphatic carbocycles. The molecule has 0 saturated carbocycles. The summed E-state index contributed by atoms with van der Waals surface area (Å²) in [5.74, 6) is -0.421. The lowest BCUT2D eigenvalue weighted by Gasteiger charge is -2.05. The van der Waals surface area contributed by atoms with Crippen LogP contribution < -0.4 is 5.32 Å². The van der Waals surface area contributed by atoms with Crippen molar-refractivity contribution in [2.75, 3.05) is 0 Å². The smallest absolute Gasteiger partial charge is 0.220 e. The number of amides is 1. The van der Waals surface area contributed by atoms with Crippen molar-refractivity contribution in [2.45, 2.75) is 19.4 Å². The van der Waals surface area contributed by atoms with Crippen molar-refractivity contribution < 1.29 is 9.18 Å². The highest BCUT2D eigenvalue weighted by atomic mass is 32.1. The number of nitrogens with one attached hydrogen (secondary N) is 1. The third kappa shape index (κ3) is 4.23. The maximum Gasteiger partial charge on any atom is 0.220 e. The van der Waals surface area contributed by atoms with E-state index in [0.29, 0.717) is 18.4 Å². The summed E-state index contributed by atoms with van der Waals surface area (Å²) >= 11 is 1.52. The fourth-order valence-corrected chi connectivity index (χ4v) is 3.02. The Morgan fingerprint density at radius 1 is 1.21 bits per heavy atom. The van der Waals surface area contributed by atoms with E-state index < -0.39 is 0 Å². The predicted molar refractivity (Wildman–Crippen MR) is 91.9 cm³/mol. The van der Waals surface area contributed by atoms with Gasteiger partial charge >= 0.3 is 0 Å². The van der Waals surface area contributed by atoms with E-state index in [-0.39, 0.29) is 18.3 Å². The maximum atomic E-state index is 13.5. The van der Waals surface area contributed by atoms with Crippen LogP contribution >= 0.6 is 11.3 Å². The topological polar surface area (TPSA) is 54.9 Å². The number of aromatic nitrogens is 2. The molecule has 1 amide bonds. The Hall–Kier alpha value is -2.60. The number of thiazole rings is 1. The van der Waals surface area contributed by atoms with Crippen molar-refractivity contribution >= 4 is 17.2 Å². The highest BCUT2D eigenvalue weighted by molar-refractivity contribution is 7.09. The van der Waals surface area contributed by atoms with Crippen molar-refractivity contribution in [3.05, 3.63) is 70.6 Å². The molecule has 24 heavy (non-hydrogen) atoms. The number of carbonyl (C=O) groups is 1. The van der Waals surface area contributed by atoms with Crippen molar-refractivity contribution in [1.29, 1.82) is 0 Å². The summed E-state index contributed by atoms with van der Waals surface area (Å²) < 4.78 is 13.5. The normalized spacial score (nSPS) is 10.5. The van der Waals surface area contributed by atoms with Crippen LogP contribution in [0.5, 0.6) is 0 Å². The van der Waals surface area contributed by atoms with E-state index in [1.54, 1.807) is 30.6 Å². The van der Waals surface area contributed by atoms with Crippen molar-refractivity contribution in [1.82, 2.24) is 15.3 Å². The molecule has 4 nitrogen and oxygen atoms in total. The molecule has 0 atom stereocenters. The summed E-state index contributed by atoms with van der Waals surface area (Å²) in [4.78, 5) is 20.5. The molecular formula is C18H16FN3OS. The molecule has 0 aliphatic heterocycles. The van der Waals surface area contributed by atoms with E-state index in [4.69, 9.17) is 0 Å². The molecule has 3 rings (SSSR count). The molecule has 0 radical (unpaired) electrons. The van der Waals surface area contributed by atoms with Gasteiger partial charge in [-0.05, 0) is 18.2 Å². The van der Waals surface area contributed by atoms with Gasteiger partial charge in [0.25, 0.3) is 0 Å². The standard InChI is InChI=1S/C18H16FN3OS/c19-15-6-2-1-4-13(15)11-21-17(23)7-8-18-22-16(12-24-18)14-5-3-9-20-10-14/h1-6,9-10,12H,7-8,11H2,(H,21,23). The fraction of sp³-hybridized carbons (Fsp3) is 0.167. The molecule has 0 spiro atoms. The predicted octanol–water partition coefficient (Wildman–Crippen LogP) is 3.59. The van der Waals surface area contributed by atoms with Gasteiger partial charge in [-0.15, -0.1) is 11.3 Å². The zero-order valence-corrected chi connectivity index (χ0v) is 13.7. The number of nitrogens with zero attached hydrogens (tertiary/aromatic N) is 2.